The van der Waals surface area contributed by atoms with Crippen LogP contribution in [0, 0.1) is 6.92 Å². The van der Waals surface area contributed by atoms with Gasteiger partial charge in [-0.2, -0.15) is 10.2 Å². The highest BCUT2D eigenvalue weighted by Gasteiger charge is 2.28. The standard InChI is InChI=1S/C15H23N5O/c1-3-20-10-13(9-18-20)15-14(5-4-6-21-15)16-7-12-8-17-19-11(12)2/h8-10,14-16H,3-7H2,1-2H3,(H,17,19)/t14-,15+/m0/s1. The van der Waals surface area contributed by atoms with Crippen LogP contribution in [0.25, 0.3) is 0 Å². The molecule has 2 N–H and O–H groups in total. The van der Waals surface area contributed by atoms with Crippen LogP contribution in [0.1, 0.15) is 42.7 Å². The molecular weight excluding hydrogens is 266 g/mol. The van der Waals surface area contributed by atoms with E-state index in [2.05, 4.69) is 33.7 Å². The van der Waals surface area contributed by atoms with Crippen LogP contribution < -0.4 is 5.32 Å². The van der Waals surface area contributed by atoms with Gasteiger partial charge in [-0.3, -0.25) is 9.78 Å². The largest absolute Gasteiger partial charge is 0.372 e. The third-order valence-electron chi connectivity index (χ3n) is 4.12. The van der Waals surface area contributed by atoms with E-state index in [0.717, 1.165) is 43.8 Å². The highest BCUT2D eigenvalue weighted by Crippen LogP contribution is 2.28. The zero-order chi connectivity index (χ0) is 14.7. The van der Waals surface area contributed by atoms with Gasteiger partial charge in [-0.1, -0.05) is 0 Å². The van der Waals surface area contributed by atoms with E-state index in [9.17, 15) is 0 Å². The fourth-order valence-corrected chi connectivity index (χ4v) is 2.81. The van der Waals surface area contributed by atoms with E-state index in [1.807, 2.05) is 24.0 Å². The first-order chi connectivity index (χ1) is 10.3. The lowest BCUT2D eigenvalue weighted by molar-refractivity contribution is -0.0112. The third kappa shape index (κ3) is 3.16. The summed E-state index contributed by atoms with van der Waals surface area (Å²) < 4.78 is 7.94. The van der Waals surface area contributed by atoms with Gasteiger partial charge < -0.3 is 10.1 Å². The Hall–Kier alpha value is -1.66. The minimum absolute atomic E-state index is 0.0891. The van der Waals surface area contributed by atoms with Crippen LogP contribution in [-0.2, 0) is 17.8 Å². The number of rotatable bonds is 5. The zero-order valence-electron chi connectivity index (χ0n) is 12.7. The van der Waals surface area contributed by atoms with Crippen molar-refractivity contribution in [3.05, 3.63) is 35.4 Å². The van der Waals surface area contributed by atoms with Crippen molar-refractivity contribution in [2.75, 3.05) is 6.61 Å². The van der Waals surface area contributed by atoms with Crippen LogP contribution in [0.4, 0.5) is 0 Å². The average Bonchev–Trinajstić information content (AvgIpc) is 3.14. The molecule has 0 radical (unpaired) electrons. The van der Waals surface area contributed by atoms with Gasteiger partial charge >= 0.3 is 0 Å². The molecule has 0 aromatic carbocycles. The molecule has 1 fully saturated rings. The summed E-state index contributed by atoms with van der Waals surface area (Å²) in [7, 11) is 0. The number of aromatic amines is 1. The number of aromatic nitrogens is 4. The number of H-pyrrole nitrogens is 1. The Morgan fingerprint density at radius 1 is 1.48 bits per heavy atom. The molecule has 0 saturated carbocycles. The molecule has 1 aliphatic heterocycles. The van der Waals surface area contributed by atoms with Crippen LogP contribution in [0.5, 0.6) is 0 Å². The summed E-state index contributed by atoms with van der Waals surface area (Å²) in [6, 6.07) is 0.322. The summed E-state index contributed by atoms with van der Waals surface area (Å²) >= 11 is 0. The second kappa shape index (κ2) is 6.41. The highest BCUT2D eigenvalue weighted by atomic mass is 16.5. The maximum absolute atomic E-state index is 6.00. The summed E-state index contributed by atoms with van der Waals surface area (Å²) in [6.07, 6.45) is 8.21. The first kappa shape index (κ1) is 14.3. The fraction of sp³-hybridized carbons (Fsp3) is 0.600. The Morgan fingerprint density at radius 3 is 3.10 bits per heavy atom. The number of hydrogen-bond donors (Lipinski definition) is 2. The Labute approximate surface area is 124 Å². The Morgan fingerprint density at radius 2 is 2.38 bits per heavy atom. The minimum atomic E-state index is 0.0891. The normalized spacial score (nSPS) is 22.6. The van der Waals surface area contributed by atoms with Crippen molar-refractivity contribution >= 4 is 0 Å². The van der Waals surface area contributed by atoms with Gasteiger partial charge in [0.15, 0.2) is 0 Å². The van der Waals surface area contributed by atoms with Gasteiger partial charge in [-0.25, -0.2) is 0 Å². The fourth-order valence-electron chi connectivity index (χ4n) is 2.81. The molecule has 114 valence electrons. The van der Waals surface area contributed by atoms with Crippen molar-refractivity contribution in [1.82, 2.24) is 25.3 Å². The van der Waals surface area contributed by atoms with Gasteiger partial charge in [0.05, 0.1) is 12.4 Å². The lowest BCUT2D eigenvalue weighted by atomic mass is 9.98. The molecule has 1 aliphatic rings. The molecule has 0 spiro atoms. The SMILES string of the molecule is CCn1cc([C@H]2OCCC[C@@H]2NCc2cn[nH]c2C)cn1. The molecule has 0 amide bonds. The molecule has 2 aromatic rings. The van der Waals surface area contributed by atoms with Crippen LogP contribution in [0.3, 0.4) is 0 Å². The van der Waals surface area contributed by atoms with Crippen molar-refractivity contribution in [2.45, 2.75) is 51.9 Å². The Kier molecular flexibility index (Phi) is 4.36. The molecule has 0 bridgehead atoms. The highest BCUT2D eigenvalue weighted by molar-refractivity contribution is 5.16. The van der Waals surface area contributed by atoms with E-state index < -0.39 is 0 Å². The number of aryl methyl sites for hydroxylation is 2. The smallest absolute Gasteiger partial charge is 0.101 e. The van der Waals surface area contributed by atoms with E-state index in [1.165, 1.54) is 5.56 Å². The summed E-state index contributed by atoms with van der Waals surface area (Å²) in [5.41, 5.74) is 3.50. The first-order valence-electron chi connectivity index (χ1n) is 7.64. The number of nitrogens with zero attached hydrogens (tertiary/aromatic N) is 3. The molecule has 3 rings (SSSR count). The maximum Gasteiger partial charge on any atom is 0.101 e. The number of nitrogens with one attached hydrogen (secondary N) is 2. The van der Waals surface area contributed by atoms with Crippen molar-refractivity contribution in [2.24, 2.45) is 0 Å². The summed E-state index contributed by atoms with van der Waals surface area (Å²) in [4.78, 5) is 0. The van der Waals surface area contributed by atoms with Crippen LogP contribution in [0.2, 0.25) is 0 Å². The topological polar surface area (TPSA) is 67.8 Å². The summed E-state index contributed by atoms with van der Waals surface area (Å²) in [6.45, 7) is 6.67. The zero-order valence-corrected chi connectivity index (χ0v) is 12.7. The second-order valence-electron chi connectivity index (χ2n) is 5.57. The van der Waals surface area contributed by atoms with E-state index in [-0.39, 0.29) is 6.10 Å². The molecule has 6 heteroatoms. The van der Waals surface area contributed by atoms with Gasteiger partial charge in [0, 0.05) is 48.8 Å². The van der Waals surface area contributed by atoms with Crippen LogP contribution in [-0.4, -0.2) is 32.6 Å². The van der Waals surface area contributed by atoms with Gasteiger partial charge in [0.2, 0.25) is 0 Å². The Bertz CT molecular complexity index is 576. The van der Waals surface area contributed by atoms with Crippen LogP contribution >= 0.6 is 0 Å². The monoisotopic (exact) mass is 289 g/mol. The van der Waals surface area contributed by atoms with Gasteiger partial charge in [-0.15, -0.1) is 0 Å². The molecule has 21 heavy (non-hydrogen) atoms. The van der Waals surface area contributed by atoms with Crippen LogP contribution in [0.15, 0.2) is 18.6 Å². The lowest BCUT2D eigenvalue weighted by Gasteiger charge is -2.32. The third-order valence-corrected chi connectivity index (χ3v) is 4.12. The van der Waals surface area contributed by atoms with Crippen molar-refractivity contribution < 1.29 is 4.74 Å². The predicted octanol–water partition coefficient (Wildman–Crippen LogP) is 1.94. The van der Waals surface area contributed by atoms with Crippen molar-refractivity contribution in [3.8, 4) is 0 Å². The molecule has 0 aliphatic carbocycles. The van der Waals surface area contributed by atoms with Crippen molar-refractivity contribution in [3.63, 3.8) is 0 Å². The van der Waals surface area contributed by atoms with E-state index in [4.69, 9.17) is 4.74 Å². The van der Waals surface area contributed by atoms with Gasteiger partial charge in [-0.05, 0) is 26.7 Å². The van der Waals surface area contributed by atoms with Crippen molar-refractivity contribution in [1.29, 1.82) is 0 Å². The Balaban J connectivity index is 1.68. The molecule has 3 heterocycles. The first-order valence-corrected chi connectivity index (χ1v) is 7.64. The molecule has 2 aromatic heterocycles. The van der Waals surface area contributed by atoms with E-state index >= 15 is 0 Å². The molecule has 6 nitrogen and oxygen atoms in total. The maximum atomic E-state index is 6.00. The lowest BCUT2D eigenvalue weighted by Crippen LogP contribution is -2.39. The minimum Gasteiger partial charge on any atom is -0.372 e. The molecule has 0 unspecified atom stereocenters. The molecule has 1 saturated heterocycles. The number of hydrogen-bond acceptors (Lipinski definition) is 4. The van der Waals surface area contributed by atoms with Gasteiger partial charge in [0.25, 0.3) is 0 Å². The number of ether oxygens (including phenoxy) is 1. The average molecular weight is 289 g/mol. The van der Waals surface area contributed by atoms with Gasteiger partial charge in [0.1, 0.15) is 6.10 Å². The van der Waals surface area contributed by atoms with E-state index in [1.54, 1.807) is 0 Å². The summed E-state index contributed by atoms with van der Waals surface area (Å²) in [5.74, 6) is 0. The molecule has 2 atom stereocenters. The second-order valence-corrected chi connectivity index (χ2v) is 5.57. The summed E-state index contributed by atoms with van der Waals surface area (Å²) in [5, 5.41) is 15.0. The quantitative estimate of drug-likeness (QED) is 0.883. The molecular formula is C15H23N5O. The predicted molar refractivity (Wildman–Crippen MR) is 79.8 cm³/mol. The van der Waals surface area contributed by atoms with E-state index in [0.29, 0.717) is 6.04 Å².